The van der Waals surface area contributed by atoms with Crippen molar-refractivity contribution >= 4 is 11.8 Å². The van der Waals surface area contributed by atoms with Crippen molar-refractivity contribution in [2.24, 2.45) is 5.92 Å². The molecule has 4 heteroatoms. The summed E-state index contributed by atoms with van der Waals surface area (Å²) in [6.45, 7) is 4.58. The second-order valence-electron chi connectivity index (χ2n) is 5.44. The van der Waals surface area contributed by atoms with E-state index in [2.05, 4.69) is 5.32 Å². The summed E-state index contributed by atoms with van der Waals surface area (Å²) in [7, 11) is 0. The Morgan fingerprint density at radius 2 is 1.94 bits per heavy atom. The first-order valence-electron chi connectivity index (χ1n) is 6.10. The second-order valence-corrected chi connectivity index (χ2v) is 5.44. The van der Waals surface area contributed by atoms with E-state index in [1.54, 1.807) is 0 Å². The van der Waals surface area contributed by atoms with E-state index in [0.29, 0.717) is 12.5 Å². The monoisotopic (exact) mass is 224 g/mol. The maximum atomic E-state index is 12.1. The maximum absolute atomic E-state index is 12.1. The number of nitrogens with zero attached hydrogens (tertiary/aromatic N) is 1. The van der Waals surface area contributed by atoms with E-state index in [4.69, 9.17) is 0 Å². The van der Waals surface area contributed by atoms with Crippen LogP contribution >= 0.6 is 0 Å². The molecule has 0 spiro atoms. The Labute approximate surface area is 96.4 Å². The molecule has 0 unspecified atom stereocenters. The van der Waals surface area contributed by atoms with Crippen molar-refractivity contribution in [3.05, 3.63) is 0 Å². The Hall–Kier alpha value is -0.900. The van der Waals surface area contributed by atoms with E-state index < -0.39 is 5.54 Å². The molecule has 0 bridgehead atoms. The molecule has 1 heterocycles. The fourth-order valence-electron chi connectivity index (χ4n) is 2.55. The Balaban J connectivity index is 2.05. The van der Waals surface area contributed by atoms with Gasteiger partial charge in [0.25, 0.3) is 0 Å². The predicted octanol–water partition coefficient (Wildman–Crippen LogP) is 0.914. The Kier molecular flexibility index (Phi) is 3.02. The van der Waals surface area contributed by atoms with Gasteiger partial charge in [-0.1, -0.05) is 12.8 Å². The Bertz CT molecular complexity index is 306. The Morgan fingerprint density at radius 1 is 1.31 bits per heavy atom. The van der Waals surface area contributed by atoms with Gasteiger partial charge < -0.3 is 0 Å². The fraction of sp³-hybridized carbons (Fsp3) is 0.833. The van der Waals surface area contributed by atoms with Gasteiger partial charge in [-0.2, -0.15) is 0 Å². The molecule has 2 amide bonds. The van der Waals surface area contributed by atoms with Crippen molar-refractivity contribution in [3.8, 4) is 0 Å². The smallest absolute Gasteiger partial charge is 0.248 e. The lowest BCUT2D eigenvalue weighted by molar-refractivity contribution is -0.153. The molecule has 2 fully saturated rings. The van der Waals surface area contributed by atoms with Gasteiger partial charge in [0.05, 0.1) is 12.1 Å². The molecule has 1 aliphatic heterocycles. The lowest BCUT2D eigenvalue weighted by Gasteiger charge is -2.37. The molecule has 0 aromatic heterocycles. The van der Waals surface area contributed by atoms with Crippen LogP contribution < -0.4 is 5.32 Å². The summed E-state index contributed by atoms with van der Waals surface area (Å²) in [6.07, 6.45) is 4.79. The second kappa shape index (κ2) is 4.17. The van der Waals surface area contributed by atoms with Gasteiger partial charge in [-0.3, -0.25) is 19.8 Å². The van der Waals surface area contributed by atoms with Gasteiger partial charge in [0.2, 0.25) is 11.8 Å². The minimum Gasteiger partial charge on any atom is -0.295 e. The molecule has 0 aromatic carbocycles. The highest BCUT2D eigenvalue weighted by Crippen LogP contribution is 2.27. The van der Waals surface area contributed by atoms with Crippen LogP contribution in [0.25, 0.3) is 0 Å². The molecule has 16 heavy (non-hydrogen) atoms. The van der Waals surface area contributed by atoms with Gasteiger partial charge in [-0.15, -0.1) is 0 Å². The molecular formula is C12H20N2O2. The van der Waals surface area contributed by atoms with Crippen molar-refractivity contribution in [3.63, 3.8) is 0 Å². The normalized spacial score (nSPS) is 26.5. The molecule has 0 aromatic rings. The van der Waals surface area contributed by atoms with Crippen LogP contribution in [0.4, 0.5) is 0 Å². The Morgan fingerprint density at radius 3 is 2.56 bits per heavy atom. The molecule has 1 saturated carbocycles. The van der Waals surface area contributed by atoms with Gasteiger partial charge >= 0.3 is 0 Å². The predicted molar refractivity (Wildman–Crippen MR) is 60.8 cm³/mol. The van der Waals surface area contributed by atoms with Crippen LogP contribution in [-0.4, -0.2) is 35.3 Å². The molecule has 4 nitrogen and oxygen atoms in total. The number of piperazine rings is 1. The molecule has 1 saturated heterocycles. The first-order valence-corrected chi connectivity index (χ1v) is 6.10. The minimum atomic E-state index is -0.591. The quantitative estimate of drug-likeness (QED) is 0.709. The van der Waals surface area contributed by atoms with E-state index in [0.717, 1.165) is 12.8 Å². The third-order valence-electron chi connectivity index (χ3n) is 3.68. The zero-order valence-electron chi connectivity index (χ0n) is 10.1. The van der Waals surface area contributed by atoms with Crippen molar-refractivity contribution in [2.45, 2.75) is 45.1 Å². The highest BCUT2D eigenvalue weighted by molar-refractivity contribution is 6.03. The molecule has 1 N–H and O–H groups in total. The molecular weight excluding hydrogens is 204 g/mol. The van der Waals surface area contributed by atoms with Gasteiger partial charge in [-0.05, 0) is 32.6 Å². The van der Waals surface area contributed by atoms with Crippen LogP contribution in [0.15, 0.2) is 0 Å². The zero-order valence-corrected chi connectivity index (χ0v) is 10.1. The lowest BCUT2D eigenvalue weighted by Crippen LogP contribution is -2.64. The van der Waals surface area contributed by atoms with Crippen LogP contribution in [0.5, 0.6) is 0 Å². The van der Waals surface area contributed by atoms with Crippen molar-refractivity contribution in [2.75, 3.05) is 13.1 Å². The highest BCUT2D eigenvalue weighted by Gasteiger charge is 2.40. The average Bonchev–Trinajstić information content (AvgIpc) is 2.72. The summed E-state index contributed by atoms with van der Waals surface area (Å²) >= 11 is 0. The highest BCUT2D eigenvalue weighted by atomic mass is 16.2. The van der Waals surface area contributed by atoms with Gasteiger partial charge in [0, 0.05) is 6.54 Å². The number of imide groups is 1. The van der Waals surface area contributed by atoms with E-state index in [9.17, 15) is 9.59 Å². The third-order valence-corrected chi connectivity index (χ3v) is 3.68. The summed E-state index contributed by atoms with van der Waals surface area (Å²) < 4.78 is 0. The van der Waals surface area contributed by atoms with Crippen LogP contribution in [-0.2, 0) is 9.59 Å². The van der Waals surface area contributed by atoms with Gasteiger partial charge in [-0.25, -0.2) is 0 Å². The molecule has 90 valence electrons. The molecule has 0 radical (unpaired) electrons. The SMILES string of the molecule is CC1(C)NCC(=O)N(CC2CCCC2)C1=O. The number of carbonyl (C=O) groups excluding carboxylic acids is 2. The van der Waals surface area contributed by atoms with E-state index in [1.807, 2.05) is 13.8 Å². The number of amides is 2. The number of carbonyl (C=O) groups is 2. The number of hydrogen-bond donors (Lipinski definition) is 1. The topological polar surface area (TPSA) is 49.4 Å². The van der Waals surface area contributed by atoms with Gasteiger partial charge in [0.1, 0.15) is 0 Å². The molecule has 2 aliphatic rings. The van der Waals surface area contributed by atoms with Crippen molar-refractivity contribution in [1.82, 2.24) is 10.2 Å². The maximum Gasteiger partial charge on any atom is 0.248 e. The van der Waals surface area contributed by atoms with E-state index >= 15 is 0 Å². The summed E-state index contributed by atoms with van der Waals surface area (Å²) in [4.78, 5) is 25.3. The summed E-state index contributed by atoms with van der Waals surface area (Å²) in [5, 5.41) is 2.97. The zero-order chi connectivity index (χ0) is 11.8. The summed E-state index contributed by atoms with van der Waals surface area (Å²) in [5.74, 6) is 0.383. The van der Waals surface area contributed by atoms with Crippen molar-refractivity contribution in [1.29, 1.82) is 0 Å². The van der Waals surface area contributed by atoms with Crippen molar-refractivity contribution < 1.29 is 9.59 Å². The standard InChI is InChI=1S/C12H20N2O2/c1-12(2)11(16)14(10(15)7-13-12)8-9-5-3-4-6-9/h9,13H,3-8H2,1-2H3. The van der Waals surface area contributed by atoms with Crippen LogP contribution in [0.3, 0.4) is 0 Å². The molecule has 2 rings (SSSR count). The van der Waals surface area contributed by atoms with Crippen LogP contribution in [0.2, 0.25) is 0 Å². The minimum absolute atomic E-state index is 0.0729. The fourth-order valence-corrected chi connectivity index (χ4v) is 2.55. The molecule has 1 aliphatic carbocycles. The van der Waals surface area contributed by atoms with Crippen LogP contribution in [0, 0.1) is 5.92 Å². The molecule has 0 atom stereocenters. The lowest BCUT2D eigenvalue weighted by atomic mass is 9.98. The summed E-state index contributed by atoms with van der Waals surface area (Å²) in [6, 6.07) is 0. The largest absolute Gasteiger partial charge is 0.295 e. The number of rotatable bonds is 2. The van der Waals surface area contributed by atoms with E-state index in [-0.39, 0.29) is 18.4 Å². The van der Waals surface area contributed by atoms with Gasteiger partial charge in [0.15, 0.2) is 0 Å². The third kappa shape index (κ3) is 2.12. The summed E-state index contributed by atoms with van der Waals surface area (Å²) in [5.41, 5.74) is -0.591. The first kappa shape index (κ1) is 11.6. The number of nitrogens with one attached hydrogen (secondary N) is 1. The number of hydrogen-bond acceptors (Lipinski definition) is 3. The average molecular weight is 224 g/mol. The van der Waals surface area contributed by atoms with Crippen LogP contribution in [0.1, 0.15) is 39.5 Å². The van der Waals surface area contributed by atoms with E-state index in [1.165, 1.54) is 17.7 Å². The first-order chi connectivity index (χ1) is 7.50.